The first-order chi connectivity index (χ1) is 15.6. The van der Waals surface area contributed by atoms with Crippen LogP contribution in [0.15, 0.2) is 36.4 Å². The lowest BCUT2D eigenvalue weighted by Gasteiger charge is -2.21. The number of ketones is 2. The van der Waals surface area contributed by atoms with Gasteiger partial charge in [-0.25, -0.2) is 5.92 Å². The standard InChI is InChI=1S/C21H10NO2.4C2H6/c1-3-4-5-8-13-22-17-12-11-14(2)18-19(17)21(24)16-10-7-6-9-15(16)20(18)23;4*1-2/h6-7,9-12,22H,2H3;4*1-2H3/q-1;;;;. The summed E-state index contributed by atoms with van der Waals surface area (Å²) in [6, 6.07) is 12.9. The third-order valence-corrected chi connectivity index (χ3v) is 3.73. The van der Waals surface area contributed by atoms with Gasteiger partial charge in [-0.05, 0) is 24.5 Å². The van der Waals surface area contributed by atoms with Crippen molar-refractivity contribution in [2.24, 2.45) is 0 Å². The topological polar surface area (TPSA) is 46.2 Å². The molecule has 3 nitrogen and oxygen atoms in total. The number of hydrogen-bond donors (Lipinski definition) is 1. The molecule has 0 saturated carbocycles. The van der Waals surface area contributed by atoms with Crippen LogP contribution in [0.1, 0.15) is 92.8 Å². The van der Waals surface area contributed by atoms with Crippen LogP contribution in [-0.4, -0.2) is 11.6 Å². The number of aryl methyl sites for hydroxylation is 1. The summed E-state index contributed by atoms with van der Waals surface area (Å²) in [6.45, 7) is 17.8. The summed E-state index contributed by atoms with van der Waals surface area (Å²) in [4.78, 5) is 25.6. The number of anilines is 1. The van der Waals surface area contributed by atoms with Crippen LogP contribution in [0.5, 0.6) is 0 Å². The van der Waals surface area contributed by atoms with Crippen molar-refractivity contribution in [3.8, 4) is 29.7 Å². The van der Waals surface area contributed by atoms with E-state index in [1.165, 1.54) is 0 Å². The molecule has 1 aliphatic carbocycles. The Labute approximate surface area is 195 Å². The number of benzene rings is 2. The van der Waals surface area contributed by atoms with E-state index in [0.29, 0.717) is 27.9 Å². The molecular formula is C29H34NO2-. The first-order valence-corrected chi connectivity index (χ1v) is 11.1. The fourth-order valence-corrected chi connectivity index (χ4v) is 2.68. The van der Waals surface area contributed by atoms with Gasteiger partial charge in [0.2, 0.25) is 0 Å². The van der Waals surface area contributed by atoms with Gasteiger partial charge in [0.05, 0.1) is 11.3 Å². The monoisotopic (exact) mass is 428 g/mol. The van der Waals surface area contributed by atoms with Gasteiger partial charge in [0.1, 0.15) is 0 Å². The highest BCUT2D eigenvalue weighted by Gasteiger charge is 2.32. The molecule has 0 saturated heterocycles. The molecule has 0 unspecified atom stereocenters. The molecule has 1 aliphatic rings. The Hall–Kier alpha value is -3.74. The Balaban J connectivity index is 0. The third-order valence-electron chi connectivity index (χ3n) is 3.73. The van der Waals surface area contributed by atoms with Crippen LogP contribution in [-0.2, 0) is 0 Å². The molecule has 0 heterocycles. The van der Waals surface area contributed by atoms with Gasteiger partial charge in [0.25, 0.3) is 0 Å². The lowest BCUT2D eigenvalue weighted by Crippen LogP contribution is -2.23. The molecule has 2 aromatic rings. The van der Waals surface area contributed by atoms with Crippen molar-refractivity contribution >= 4 is 17.3 Å². The minimum absolute atomic E-state index is 0.160. The molecular weight excluding hydrogens is 394 g/mol. The molecule has 0 amide bonds. The van der Waals surface area contributed by atoms with Crippen molar-refractivity contribution < 1.29 is 9.59 Å². The molecule has 0 spiro atoms. The predicted molar refractivity (Wildman–Crippen MR) is 136 cm³/mol. The number of rotatable bonds is 1. The molecule has 0 aromatic heterocycles. The van der Waals surface area contributed by atoms with Crippen molar-refractivity contribution in [2.75, 3.05) is 5.32 Å². The van der Waals surface area contributed by atoms with E-state index in [-0.39, 0.29) is 11.6 Å². The maximum absolute atomic E-state index is 12.9. The largest absolute Gasteiger partial charge is 0.358 e. The van der Waals surface area contributed by atoms with Gasteiger partial charge in [-0.1, -0.05) is 85.7 Å². The molecule has 0 radical (unpaired) electrons. The van der Waals surface area contributed by atoms with E-state index in [0.717, 1.165) is 5.56 Å². The van der Waals surface area contributed by atoms with Crippen molar-refractivity contribution in [3.05, 3.63) is 70.6 Å². The van der Waals surface area contributed by atoms with Gasteiger partial charge in [0.15, 0.2) is 11.6 Å². The first-order valence-electron chi connectivity index (χ1n) is 11.1. The second kappa shape index (κ2) is 18.1. The van der Waals surface area contributed by atoms with Crippen LogP contribution < -0.4 is 5.32 Å². The summed E-state index contributed by atoms with van der Waals surface area (Å²) in [7, 11) is 0. The van der Waals surface area contributed by atoms with Gasteiger partial charge < -0.3 is 11.7 Å². The molecule has 2 aromatic carbocycles. The first kappa shape index (κ1) is 30.5. The van der Waals surface area contributed by atoms with E-state index in [4.69, 9.17) is 6.42 Å². The van der Waals surface area contributed by atoms with Crippen LogP contribution in [0.3, 0.4) is 0 Å². The van der Waals surface area contributed by atoms with E-state index in [9.17, 15) is 9.59 Å². The number of fused-ring (bicyclic) bond motifs is 2. The Bertz CT molecular complexity index is 1050. The number of nitrogens with one attached hydrogen (secondary N) is 1. The van der Waals surface area contributed by atoms with Gasteiger partial charge in [-0.2, -0.15) is 0 Å². The zero-order chi connectivity index (χ0) is 25.1. The molecule has 0 bridgehead atoms. The zero-order valence-electron chi connectivity index (χ0n) is 20.8. The number of hydrogen-bond acceptors (Lipinski definition) is 3. The Morgan fingerprint density at radius 2 is 1.19 bits per heavy atom. The second-order valence-electron chi connectivity index (χ2n) is 5.13. The number of carbonyl (C=O) groups is 2. The molecule has 3 heteroatoms. The average molecular weight is 429 g/mol. The molecule has 1 N–H and O–H groups in total. The Morgan fingerprint density at radius 1 is 0.688 bits per heavy atom. The van der Waals surface area contributed by atoms with Crippen LogP contribution in [0.4, 0.5) is 5.69 Å². The Kier molecular flexibility index (Phi) is 17.2. The molecule has 0 fully saturated rings. The summed E-state index contributed by atoms with van der Waals surface area (Å²) < 4.78 is 0. The van der Waals surface area contributed by atoms with Crippen LogP contribution in [0, 0.1) is 43.1 Å². The summed E-state index contributed by atoms with van der Waals surface area (Å²) in [5, 5.41) is 2.82. The van der Waals surface area contributed by atoms with E-state index in [2.05, 4.69) is 29.1 Å². The quantitative estimate of drug-likeness (QED) is 0.262. The fourth-order valence-electron chi connectivity index (χ4n) is 2.68. The van der Waals surface area contributed by atoms with Crippen molar-refractivity contribution in [1.82, 2.24) is 0 Å². The fraction of sp³-hybridized carbons (Fsp3) is 0.310. The molecule has 3 rings (SSSR count). The van der Waals surface area contributed by atoms with E-state index >= 15 is 0 Å². The van der Waals surface area contributed by atoms with E-state index in [1.807, 2.05) is 61.3 Å². The normalized spacial score (nSPS) is 9.00. The van der Waals surface area contributed by atoms with Gasteiger partial charge >= 0.3 is 0 Å². The van der Waals surface area contributed by atoms with Crippen LogP contribution >= 0.6 is 0 Å². The lowest BCUT2D eigenvalue weighted by atomic mass is 9.81. The molecule has 0 aliphatic heterocycles. The lowest BCUT2D eigenvalue weighted by molar-refractivity contribution is 0.0979. The molecule has 168 valence electrons. The third kappa shape index (κ3) is 7.50. The number of carbonyl (C=O) groups excluding carboxylic acids is 2. The zero-order valence-corrected chi connectivity index (χ0v) is 20.8. The van der Waals surface area contributed by atoms with E-state index in [1.54, 1.807) is 43.3 Å². The van der Waals surface area contributed by atoms with Crippen molar-refractivity contribution in [3.63, 3.8) is 0 Å². The SMILES string of the molecule is CC.CC.CC.CC.[C-]#CC#CC#CNc1ccc(C)c2c1C(=O)c1ccccc1C2=O. The highest BCUT2D eigenvalue weighted by molar-refractivity contribution is 6.30. The van der Waals surface area contributed by atoms with Crippen LogP contribution in [0.2, 0.25) is 0 Å². The maximum atomic E-state index is 12.9. The maximum Gasteiger partial charge on any atom is 0.196 e. The van der Waals surface area contributed by atoms with E-state index < -0.39 is 0 Å². The summed E-state index contributed by atoms with van der Waals surface area (Å²) in [5.41, 5.74) is 2.78. The second-order valence-corrected chi connectivity index (χ2v) is 5.13. The average Bonchev–Trinajstić information content (AvgIpc) is 2.88. The minimum atomic E-state index is -0.202. The van der Waals surface area contributed by atoms with Crippen LogP contribution in [0.25, 0.3) is 0 Å². The smallest absolute Gasteiger partial charge is 0.196 e. The van der Waals surface area contributed by atoms with Gasteiger partial charge in [-0.3, -0.25) is 15.5 Å². The molecule has 0 atom stereocenters. The van der Waals surface area contributed by atoms with Gasteiger partial charge in [-0.15, -0.1) is 5.92 Å². The summed E-state index contributed by atoms with van der Waals surface area (Å²) in [5.74, 6) is 8.72. The predicted octanol–water partition coefficient (Wildman–Crippen LogP) is 6.84. The highest BCUT2D eigenvalue weighted by atomic mass is 16.1. The van der Waals surface area contributed by atoms with Crippen molar-refractivity contribution in [2.45, 2.75) is 62.3 Å². The molecule has 32 heavy (non-hydrogen) atoms. The minimum Gasteiger partial charge on any atom is -0.358 e. The van der Waals surface area contributed by atoms with Gasteiger partial charge in [0, 0.05) is 22.7 Å². The Morgan fingerprint density at radius 3 is 1.69 bits per heavy atom. The summed E-state index contributed by atoms with van der Waals surface area (Å²) in [6.07, 6.45) is 6.67. The van der Waals surface area contributed by atoms with Crippen molar-refractivity contribution in [1.29, 1.82) is 0 Å². The summed E-state index contributed by atoms with van der Waals surface area (Å²) >= 11 is 0. The highest BCUT2D eigenvalue weighted by Crippen LogP contribution is 2.33.